The lowest BCUT2D eigenvalue weighted by Gasteiger charge is -2.18. The number of likely N-dealkylation sites (N-methyl/N-ethyl adjacent to an activating group) is 1. The zero-order chi connectivity index (χ0) is 10.4. The molecule has 1 fully saturated rings. The van der Waals surface area contributed by atoms with Gasteiger partial charge < -0.3 is 10.4 Å². The summed E-state index contributed by atoms with van der Waals surface area (Å²) < 4.78 is 0. The molecule has 0 radical (unpaired) electrons. The van der Waals surface area contributed by atoms with Gasteiger partial charge in [0.1, 0.15) is 0 Å². The van der Waals surface area contributed by atoms with Crippen LogP contribution in [0.2, 0.25) is 0 Å². The van der Waals surface area contributed by atoms with Gasteiger partial charge in [0, 0.05) is 19.2 Å². The molecular weight excluding hydrogens is 180 g/mol. The zero-order valence-corrected chi connectivity index (χ0v) is 8.83. The van der Waals surface area contributed by atoms with Crippen LogP contribution in [0.5, 0.6) is 0 Å². The molecule has 4 nitrogen and oxygen atoms in total. The number of carbonyl (C=O) groups excluding carboxylic acids is 1. The molecule has 1 amide bonds. The van der Waals surface area contributed by atoms with Gasteiger partial charge in [-0.15, -0.1) is 0 Å². The van der Waals surface area contributed by atoms with E-state index in [4.69, 9.17) is 5.11 Å². The van der Waals surface area contributed by atoms with Gasteiger partial charge in [0.05, 0.1) is 6.54 Å². The van der Waals surface area contributed by atoms with Gasteiger partial charge in [0.15, 0.2) is 0 Å². The highest BCUT2D eigenvalue weighted by Gasteiger charge is 2.23. The van der Waals surface area contributed by atoms with Gasteiger partial charge in [-0.3, -0.25) is 9.69 Å². The van der Waals surface area contributed by atoms with E-state index in [1.54, 1.807) is 0 Å². The topological polar surface area (TPSA) is 52.6 Å². The molecule has 1 aliphatic rings. The molecule has 0 atom stereocenters. The van der Waals surface area contributed by atoms with Crippen molar-refractivity contribution in [2.75, 3.05) is 26.2 Å². The predicted octanol–water partition coefficient (Wildman–Crippen LogP) is -0.0307. The number of aliphatic hydroxyl groups excluding tert-OH is 1. The number of amides is 1. The van der Waals surface area contributed by atoms with E-state index in [9.17, 15) is 4.79 Å². The van der Waals surface area contributed by atoms with Gasteiger partial charge in [-0.05, 0) is 25.8 Å². The van der Waals surface area contributed by atoms with Crippen molar-refractivity contribution in [1.29, 1.82) is 0 Å². The Balaban J connectivity index is 2.13. The zero-order valence-electron chi connectivity index (χ0n) is 8.83. The maximum Gasteiger partial charge on any atom is 0.234 e. The first-order valence-corrected chi connectivity index (χ1v) is 5.38. The minimum Gasteiger partial charge on any atom is -0.396 e. The van der Waals surface area contributed by atoms with Crippen molar-refractivity contribution in [3.8, 4) is 0 Å². The highest BCUT2D eigenvalue weighted by atomic mass is 16.3. The highest BCUT2D eigenvalue weighted by molar-refractivity contribution is 5.78. The second-order valence-corrected chi connectivity index (χ2v) is 3.79. The van der Waals surface area contributed by atoms with Crippen molar-refractivity contribution in [1.82, 2.24) is 10.2 Å². The highest BCUT2D eigenvalue weighted by Crippen LogP contribution is 2.18. The largest absolute Gasteiger partial charge is 0.396 e. The lowest BCUT2D eigenvalue weighted by molar-refractivity contribution is -0.122. The van der Waals surface area contributed by atoms with Crippen molar-refractivity contribution in [3.63, 3.8) is 0 Å². The molecule has 4 heteroatoms. The summed E-state index contributed by atoms with van der Waals surface area (Å²) in [6.07, 6.45) is 3.01. The summed E-state index contributed by atoms with van der Waals surface area (Å²) in [5.74, 6) is 0.118. The molecule has 0 unspecified atom stereocenters. The molecule has 82 valence electrons. The van der Waals surface area contributed by atoms with Crippen LogP contribution < -0.4 is 5.32 Å². The van der Waals surface area contributed by atoms with Gasteiger partial charge in [-0.2, -0.15) is 0 Å². The van der Waals surface area contributed by atoms with E-state index in [1.165, 1.54) is 0 Å². The molecule has 1 saturated carbocycles. The van der Waals surface area contributed by atoms with E-state index in [1.807, 2.05) is 11.8 Å². The molecule has 0 saturated heterocycles. The maximum absolute atomic E-state index is 11.4. The van der Waals surface area contributed by atoms with Crippen molar-refractivity contribution >= 4 is 5.91 Å². The third-order valence-corrected chi connectivity index (χ3v) is 2.39. The van der Waals surface area contributed by atoms with Crippen LogP contribution >= 0.6 is 0 Å². The van der Waals surface area contributed by atoms with Crippen LogP contribution in [0.3, 0.4) is 0 Å². The van der Waals surface area contributed by atoms with E-state index in [0.717, 1.165) is 32.4 Å². The Morgan fingerprint density at radius 1 is 1.57 bits per heavy atom. The van der Waals surface area contributed by atoms with Crippen LogP contribution in [-0.4, -0.2) is 48.2 Å². The molecule has 1 aliphatic carbocycles. The molecular formula is C10H20N2O2. The Hall–Kier alpha value is -0.610. The molecule has 0 spiro atoms. The summed E-state index contributed by atoms with van der Waals surface area (Å²) in [7, 11) is 0. The smallest absolute Gasteiger partial charge is 0.234 e. The van der Waals surface area contributed by atoms with Crippen molar-refractivity contribution in [2.45, 2.75) is 32.2 Å². The number of nitrogens with one attached hydrogen (secondary N) is 1. The second kappa shape index (κ2) is 5.98. The third kappa shape index (κ3) is 4.58. The molecule has 1 rings (SSSR count). The Morgan fingerprint density at radius 3 is 2.79 bits per heavy atom. The molecule has 0 aromatic rings. The van der Waals surface area contributed by atoms with E-state index >= 15 is 0 Å². The van der Waals surface area contributed by atoms with Crippen LogP contribution in [0, 0.1) is 0 Å². The first-order valence-electron chi connectivity index (χ1n) is 5.38. The number of hydrogen-bond donors (Lipinski definition) is 2. The van der Waals surface area contributed by atoms with Gasteiger partial charge in [-0.1, -0.05) is 6.92 Å². The van der Waals surface area contributed by atoms with Gasteiger partial charge in [0.25, 0.3) is 0 Å². The maximum atomic E-state index is 11.4. The lowest BCUT2D eigenvalue weighted by atomic mass is 10.3. The first kappa shape index (κ1) is 11.5. The number of rotatable bonds is 7. The summed E-state index contributed by atoms with van der Waals surface area (Å²) >= 11 is 0. The van der Waals surface area contributed by atoms with Gasteiger partial charge in [-0.25, -0.2) is 0 Å². The van der Waals surface area contributed by atoms with E-state index in [-0.39, 0.29) is 12.5 Å². The lowest BCUT2D eigenvalue weighted by Crippen LogP contribution is -2.38. The van der Waals surface area contributed by atoms with Gasteiger partial charge in [0.2, 0.25) is 5.91 Å². The van der Waals surface area contributed by atoms with Crippen LogP contribution in [0.4, 0.5) is 0 Å². The monoisotopic (exact) mass is 200 g/mol. The Bertz CT molecular complexity index is 181. The summed E-state index contributed by atoms with van der Waals surface area (Å²) in [5, 5.41) is 11.6. The summed E-state index contributed by atoms with van der Waals surface area (Å²) in [6.45, 7) is 4.35. The average Bonchev–Trinajstić information content (AvgIpc) is 2.95. The summed E-state index contributed by atoms with van der Waals surface area (Å²) in [6, 6.07) is 0.444. The fourth-order valence-corrected chi connectivity index (χ4v) is 1.35. The number of nitrogens with zero attached hydrogens (tertiary/aromatic N) is 1. The molecule has 0 aliphatic heterocycles. The van der Waals surface area contributed by atoms with Crippen LogP contribution in [0.25, 0.3) is 0 Å². The summed E-state index contributed by atoms with van der Waals surface area (Å²) in [4.78, 5) is 13.5. The molecule has 2 N–H and O–H groups in total. The van der Waals surface area contributed by atoms with Crippen molar-refractivity contribution in [2.24, 2.45) is 0 Å². The van der Waals surface area contributed by atoms with E-state index in [0.29, 0.717) is 12.6 Å². The van der Waals surface area contributed by atoms with E-state index in [2.05, 4.69) is 5.32 Å². The molecule has 14 heavy (non-hydrogen) atoms. The fraction of sp³-hybridized carbons (Fsp3) is 0.900. The molecule has 0 aromatic heterocycles. The van der Waals surface area contributed by atoms with Crippen LogP contribution in [-0.2, 0) is 4.79 Å². The van der Waals surface area contributed by atoms with Gasteiger partial charge >= 0.3 is 0 Å². The first-order chi connectivity index (χ1) is 6.76. The van der Waals surface area contributed by atoms with Crippen LogP contribution in [0.15, 0.2) is 0 Å². The Labute approximate surface area is 85.3 Å². The van der Waals surface area contributed by atoms with Crippen molar-refractivity contribution in [3.05, 3.63) is 0 Å². The minimum atomic E-state index is 0.118. The number of aliphatic hydroxyl groups is 1. The van der Waals surface area contributed by atoms with Crippen LogP contribution in [0.1, 0.15) is 26.2 Å². The molecule has 0 aromatic carbocycles. The third-order valence-electron chi connectivity index (χ3n) is 2.39. The molecule has 0 bridgehead atoms. The average molecular weight is 200 g/mol. The van der Waals surface area contributed by atoms with E-state index < -0.39 is 0 Å². The second-order valence-electron chi connectivity index (χ2n) is 3.79. The molecule has 0 heterocycles. The number of hydrogen-bond acceptors (Lipinski definition) is 3. The minimum absolute atomic E-state index is 0.118. The SMILES string of the molecule is CCN(CCCO)CC(=O)NC1CC1. The summed E-state index contributed by atoms with van der Waals surface area (Å²) in [5.41, 5.74) is 0. The Kier molecular flexibility index (Phi) is 4.90. The van der Waals surface area contributed by atoms with Crippen molar-refractivity contribution < 1.29 is 9.90 Å². The predicted molar refractivity (Wildman–Crippen MR) is 55.0 cm³/mol. The Morgan fingerprint density at radius 2 is 2.29 bits per heavy atom. The fourth-order valence-electron chi connectivity index (χ4n) is 1.35. The number of carbonyl (C=O) groups is 1. The standard InChI is InChI=1S/C10H20N2O2/c1-2-12(6-3-7-13)8-10(14)11-9-4-5-9/h9,13H,2-8H2,1H3,(H,11,14). The quantitative estimate of drug-likeness (QED) is 0.607. The normalized spacial score (nSPS) is 15.9.